The Morgan fingerprint density at radius 1 is 1.24 bits per heavy atom. The van der Waals surface area contributed by atoms with Gasteiger partial charge in [-0.1, -0.05) is 5.16 Å². The van der Waals surface area contributed by atoms with E-state index in [4.69, 9.17) is 4.52 Å². The van der Waals surface area contributed by atoms with Gasteiger partial charge in [-0.3, -0.25) is 0 Å². The van der Waals surface area contributed by atoms with E-state index in [2.05, 4.69) is 9.88 Å². The number of aryl methyl sites for hydroxylation is 2. The van der Waals surface area contributed by atoms with Crippen molar-refractivity contribution in [2.24, 2.45) is 0 Å². The second-order valence-corrected chi connectivity index (χ2v) is 7.64. The molecule has 7 nitrogen and oxygen atoms in total. The summed E-state index contributed by atoms with van der Waals surface area (Å²) in [6.45, 7) is 2.80. The first-order valence-electron chi connectivity index (χ1n) is 4.74. The molecule has 0 fully saturated rings. The first kappa shape index (κ1) is 14.1. The van der Waals surface area contributed by atoms with E-state index in [0.717, 1.165) is 6.26 Å². The highest BCUT2D eigenvalue weighted by Crippen LogP contribution is 2.18. The SMILES string of the molecule is Cc1noc(C)c1S(=O)(=O)NCCS(C)(=O)=O. The van der Waals surface area contributed by atoms with E-state index < -0.39 is 19.9 Å². The second kappa shape index (κ2) is 4.75. The molecule has 1 N–H and O–H groups in total. The topological polar surface area (TPSA) is 106 Å². The molecule has 1 heterocycles. The van der Waals surface area contributed by atoms with Gasteiger partial charge in [0.2, 0.25) is 10.0 Å². The summed E-state index contributed by atoms with van der Waals surface area (Å²) in [4.78, 5) is -0.0361. The second-order valence-electron chi connectivity index (χ2n) is 3.68. The summed E-state index contributed by atoms with van der Waals surface area (Å²) >= 11 is 0. The zero-order valence-electron chi connectivity index (χ0n) is 9.72. The molecule has 0 bridgehead atoms. The molecule has 9 heteroatoms. The normalized spacial score (nSPS) is 12.9. The highest BCUT2D eigenvalue weighted by atomic mass is 32.2. The Kier molecular flexibility index (Phi) is 3.95. The van der Waals surface area contributed by atoms with Crippen molar-refractivity contribution in [2.75, 3.05) is 18.6 Å². The summed E-state index contributed by atoms with van der Waals surface area (Å²) in [7, 11) is -6.97. The van der Waals surface area contributed by atoms with Gasteiger partial charge in [-0.25, -0.2) is 21.6 Å². The van der Waals surface area contributed by atoms with Crippen LogP contribution in [0.3, 0.4) is 0 Å². The number of nitrogens with zero attached hydrogens (tertiary/aromatic N) is 1. The maximum Gasteiger partial charge on any atom is 0.245 e. The van der Waals surface area contributed by atoms with Gasteiger partial charge in [0.1, 0.15) is 20.4 Å². The number of rotatable bonds is 5. The predicted molar refractivity (Wildman–Crippen MR) is 60.9 cm³/mol. The molecule has 0 aliphatic heterocycles. The van der Waals surface area contributed by atoms with Crippen molar-refractivity contribution in [1.82, 2.24) is 9.88 Å². The van der Waals surface area contributed by atoms with E-state index in [9.17, 15) is 16.8 Å². The van der Waals surface area contributed by atoms with Crippen LogP contribution in [0.15, 0.2) is 9.42 Å². The Labute approximate surface area is 100 Å². The Balaban J connectivity index is 2.84. The Morgan fingerprint density at radius 3 is 2.24 bits per heavy atom. The van der Waals surface area contributed by atoms with E-state index in [1.54, 1.807) is 0 Å². The average Bonchev–Trinajstić information content (AvgIpc) is 2.43. The van der Waals surface area contributed by atoms with E-state index in [1.807, 2.05) is 0 Å². The smallest absolute Gasteiger partial charge is 0.245 e. The molecule has 0 saturated carbocycles. The number of sulfone groups is 1. The summed E-state index contributed by atoms with van der Waals surface area (Å²) in [5.74, 6) is -0.0790. The lowest BCUT2D eigenvalue weighted by Gasteiger charge is -2.04. The Morgan fingerprint density at radius 2 is 1.82 bits per heavy atom. The van der Waals surface area contributed by atoms with Gasteiger partial charge in [0.05, 0.1) is 5.75 Å². The molecule has 0 radical (unpaired) electrons. The van der Waals surface area contributed by atoms with Crippen LogP contribution < -0.4 is 4.72 Å². The maximum atomic E-state index is 11.8. The highest BCUT2D eigenvalue weighted by Gasteiger charge is 2.23. The molecule has 1 aromatic rings. The van der Waals surface area contributed by atoms with Crippen molar-refractivity contribution in [3.05, 3.63) is 11.5 Å². The van der Waals surface area contributed by atoms with Crippen molar-refractivity contribution >= 4 is 19.9 Å². The van der Waals surface area contributed by atoms with Gasteiger partial charge in [-0.05, 0) is 13.8 Å². The predicted octanol–water partition coefficient (Wildman–Crippen LogP) is -0.386. The summed E-state index contributed by atoms with van der Waals surface area (Å²) in [5, 5.41) is 3.53. The molecule has 0 aliphatic carbocycles. The number of nitrogens with one attached hydrogen (secondary N) is 1. The fourth-order valence-corrected chi connectivity index (χ4v) is 3.25. The molecule has 0 aliphatic rings. The van der Waals surface area contributed by atoms with Crippen LogP contribution >= 0.6 is 0 Å². The first-order valence-corrected chi connectivity index (χ1v) is 8.28. The monoisotopic (exact) mass is 282 g/mol. The zero-order valence-corrected chi connectivity index (χ0v) is 11.4. The van der Waals surface area contributed by atoms with E-state index >= 15 is 0 Å². The van der Waals surface area contributed by atoms with Crippen LogP contribution in [-0.2, 0) is 19.9 Å². The minimum atomic E-state index is -3.77. The molecule has 17 heavy (non-hydrogen) atoms. The van der Waals surface area contributed by atoms with Crippen LogP contribution in [0.2, 0.25) is 0 Å². The van der Waals surface area contributed by atoms with Crippen LogP contribution in [0, 0.1) is 13.8 Å². The number of hydrogen-bond acceptors (Lipinski definition) is 6. The van der Waals surface area contributed by atoms with Crippen LogP contribution in [0.5, 0.6) is 0 Å². The lowest BCUT2D eigenvalue weighted by Crippen LogP contribution is -2.29. The van der Waals surface area contributed by atoms with E-state index in [1.165, 1.54) is 13.8 Å². The Hall–Kier alpha value is -0.930. The van der Waals surface area contributed by atoms with Crippen molar-refractivity contribution in [3.8, 4) is 0 Å². The molecular formula is C8H14N2O5S2. The third-order valence-corrected chi connectivity index (χ3v) is 4.65. The van der Waals surface area contributed by atoms with Gasteiger partial charge in [0, 0.05) is 12.8 Å². The fraction of sp³-hybridized carbons (Fsp3) is 0.625. The average molecular weight is 282 g/mol. The molecule has 98 valence electrons. The largest absolute Gasteiger partial charge is 0.360 e. The number of hydrogen-bond donors (Lipinski definition) is 1. The standard InChI is InChI=1S/C8H14N2O5S2/c1-6-8(7(2)15-10-6)17(13,14)9-4-5-16(3,11)12/h9H,4-5H2,1-3H3. The van der Waals surface area contributed by atoms with Crippen molar-refractivity contribution in [3.63, 3.8) is 0 Å². The van der Waals surface area contributed by atoms with Crippen LogP contribution in [0.4, 0.5) is 0 Å². The molecule has 0 amide bonds. The van der Waals surface area contributed by atoms with Gasteiger partial charge in [-0.2, -0.15) is 0 Å². The quantitative estimate of drug-likeness (QED) is 0.788. The summed E-state index contributed by atoms with van der Waals surface area (Å²) in [6, 6.07) is 0. The van der Waals surface area contributed by atoms with E-state index in [-0.39, 0.29) is 28.6 Å². The number of aromatic nitrogens is 1. The van der Waals surface area contributed by atoms with Crippen LogP contribution in [-0.4, -0.2) is 40.5 Å². The first-order chi connectivity index (χ1) is 7.63. The van der Waals surface area contributed by atoms with Gasteiger partial charge >= 0.3 is 0 Å². The van der Waals surface area contributed by atoms with Crippen LogP contribution in [0.25, 0.3) is 0 Å². The zero-order chi connectivity index (χ0) is 13.3. The van der Waals surface area contributed by atoms with Crippen molar-refractivity contribution in [2.45, 2.75) is 18.7 Å². The lowest BCUT2D eigenvalue weighted by molar-refractivity contribution is 0.390. The third-order valence-electron chi connectivity index (χ3n) is 2.00. The highest BCUT2D eigenvalue weighted by molar-refractivity contribution is 7.91. The van der Waals surface area contributed by atoms with Crippen molar-refractivity contribution < 1.29 is 21.4 Å². The fourth-order valence-electron chi connectivity index (χ4n) is 1.29. The summed E-state index contributed by atoms with van der Waals surface area (Å²) in [5.41, 5.74) is 0.245. The minimum absolute atomic E-state index is 0.0361. The van der Waals surface area contributed by atoms with Gasteiger partial charge in [0.25, 0.3) is 0 Å². The summed E-state index contributed by atoms with van der Waals surface area (Å²) in [6.07, 6.45) is 1.04. The lowest BCUT2D eigenvalue weighted by atomic mass is 10.4. The molecule has 0 unspecified atom stereocenters. The van der Waals surface area contributed by atoms with Crippen molar-refractivity contribution in [1.29, 1.82) is 0 Å². The summed E-state index contributed by atoms with van der Waals surface area (Å²) < 4.78 is 52.3. The van der Waals surface area contributed by atoms with E-state index in [0.29, 0.717) is 0 Å². The molecule has 0 aromatic carbocycles. The number of sulfonamides is 1. The molecule has 0 spiro atoms. The molecule has 0 atom stereocenters. The van der Waals surface area contributed by atoms with Gasteiger partial charge in [-0.15, -0.1) is 0 Å². The molecule has 1 aromatic heterocycles. The van der Waals surface area contributed by atoms with Gasteiger partial charge in [0.15, 0.2) is 5.76 Å². The Bertz CT molecular complexity index is 580. The molecule has 0 saturated heterocycles. The molecular weight excluding hydrogens is 268 g/mol. The van der Waals surface area contributed by atoms with Gasteiger partial charge < -0.3 is 4.52 Å². The third kappa shape index (κ3) is 3.79. The molecule has 1 rings (SSSR count). The minimum Gasteiger partial charge on any atom is -0.360 e. The van der Waals surface area contributed by atoms with Crippen LogP contribution in [0.1, 0.15) is 11.5 Å². The maximum absolute atomic E-state index is 11.8.